The lowest BCUT2D eigenvalue weighted by atomic mass is 10.1. The average Bonchev–Trinajstić information content (AvgIpc) is 3.19. The Balaban J connectivity index is 2.09. The molecule has 2 aromatic rings. The number of methoxy groups -OCH3 is 1. The van der Waals surface area contributed by atoms with Gasteiger partial charge in [-0.25, -0.2) is 13.4 Å². The predicted octanol–water partition coefficient (Wildman–Crippen LogP) is 1.89. The summed E-state index contributed by atoms with van der Waals surface area (Å²) in [6.07, 6.45) is 1.01. The van der Waals surface area contributed by atoms with Crippen LogP contribution in [0.3, 0.4) is 0 Å². The number of rotatable bonds is 8. The number of nitrogens with zero attached hydrogens (tertiary/aromatic N) is 2. The summed E-state index contributed by atoms with van der Waals surface area (Å²) in [5.74, 6) is -1.83. The van der Waals surface area contributed by atoms with Crippen LogP contribution in [0.1, 0.15) is 46.3 Å². The van der Waals surface area contributed by atoms with E-state index in [1.54, 1.807) is 6.92 Å². The third-order valence-corrected chi connectivity index (χ3v) is 6.24. The molecule has 3 rings (SSSR count). The molecular formula is C19H21N3O7S2. The normalized spacial score (nSPS) is 14.4. The second-order valence-corrected chi connectivity index (χ2v) is 9.86. The number of pyridine rings is 1. The molecule has 3 heterocycles. The van der Waals surface area contributed by atoms with Crippen LogP contribution in [0.4, 0.5) is 5.00 Å². The van der Waals surface area contributed by atoms with Gasteiger partial charge in [-0.1, -0.05) is 0 Å². The number of amides is 3. The van der Waals surface area contributed by atoms with Crippen LogP contribution in [-0.2, 0) is 14.6 Å². The third kappa shape index (κ3) is 4.54. The summed E-state index contributed by atoms with van der Waals surface area (Å²) < 4.78 is 35.0. The van der Waals surface area contributed by atoms with Crippen LogP contribution < -0.4 is 14.8 Å². The molecule has 3 amide bonds. The molecule has 1 aliphatic rings. The van der Waals surface area contributed by atoms with Crippen LogP contribution in [0.25, 0.3) is 0 Å². The number of carbonyl (C=O) groups excluding carboxylic acids is 3. The molecule has 12 heteroatoms. The van der Waals surface area contributed by atoms with Crippen molar-refractivity contribution in [3.63, 3.8) is 0 Å². The summed E-state index contributed by atoms with van der Waals surface area (Å²) >= 11 is 1.05. The Bertz CT molecular complexity index is 1160. The van der Waals surface area contributed by atoms with Crippen molar-refractivity contribution in [1.82, 2.24) is 9.88 Å². The number of hydrogen-bond acceptors (Lipinski definition) is 9. The number of thiophene rings is 1. The molecule has 1 aliphatic heterocycles. The summed E-state index contributed by atoms with van der Waals surface area (Å²) in [5, 5.41) is 4.23. The molecule has 0 spiro atoms. The minimum absolute atomic E-state index is 0.0437. The van der Waals surface area contributed by atoms with Gasteiger partial charge in [0.25, 0.3) is 17.7 Å². The van der Waals surface area contributed by atoms with Crippen molar-refractivity contribution >= 4 is 43.9 Å². The Morgan fingerprint density at radius 2 is 2.00 bits per heavy atom. The van der Waals surface area contributed by atoms with Crippen molar-refractivity contribution in [2.24, 2.45) is 0 Å². The molecule has 0 saturated carbocycles. The zero-order valence-electron chi connectivity index (χ0n) is 17.3. The number of nitrogens with one attached hydrogen (secondary N) is 1. The monoisotopic (exact) mass is 467 g/mol. The molecule has 1 atom stereocenters. The van der Waals surface area contributed by atoms with Gasteiger partial charge < -0.3 is 14.8 Å². The Morgan fingerprint density at radius 1 is 1.29 bits per heavy atom. The minimum atomic E-state index is -3.62. The largest absolute Gasteiger partial charge is 0.491 e. The van der Waals surface area contributed by atoms with Gasteiger partial charge in [0.15, 0.2) is 5.75 Å². The van der Waals surface area contributed by atoms with Crippen LogP contribution in [0.15, 0.2) is 17.5 Å². The van der Waals surface area contributed by atoms with Gasteiger partial charge in [0, 0.05) is 18.6 Å². The van der Waals surface area contributed by atoms with Crippen molar-refractivity contribution < 1.29 is 32.3 Å². The average molecular weight is 468 g/mol. The van der Waals surface area contributed by atoms with E-state index < -0.39 is 39.4 Å². The van der Waals surface area contributed by atoms with E-state index in [1.807, 2.05) is 0 Å². The molecule has 0 aliphatic carbocycles. The van der Waals surface area contributed by atoms with Gasteiger partial charge in [-0.15, -0.1) is 11.3 Å². The quantitative estimate of drug-likeness (QED) is 0.582. The first-order valence-corrected chi connectivity index (χ1v) is 12.1. The molecule has 0 saturated heterocycles. The number of carbonyl (C=O) groups is 3. The number of imide groups is 1. The van der Waals surface area contributed by atoms with Crippen LogP contribution in [0, 0.1) is 0 Å². The Hall–Kier alpha value is -2.99. The highest BCUT2D eigenvalue weighted by Gasteiger charge is 2.45. The van der Waals surface area contributed by atoms with Crippen molar-refractivity contribution in [2.75, 3.05) is 31.0 Å². The Labute approximate surface area is 183 Å². The summed E-state index contributed by atoms with van der Waals surface area (Å²) in [7, 11) is -2.19. The Kier molecular flexibility index (Phi) is 6.32. The molecule has 0 radical (unpaired) electrons. The topological polar surface area (TPSA) is 132 Å². The van der Waals surface area contributed by atoms with Gasteiger partial charge in [-0.05, 0) is 19.1 Å². The number of anilines is 1. The van der Waals surface area contributed by atoms with Gasteiger partial charge in [0.05, 0.1) is 42.3 Å². The maximum Gasteiger partial charge on any atom is 0.265 e. The fourth-order valence-electron chi connectivity index (χ4n) is 3.21. The van der Waals surface area contributed by atoms with E-state index in [0.717, 1.165) is 22.5 Å². The van der Waals surface area contributed by atoms with E-state index in [1.165, 1.54) is 31.5 Å². The van der Waals surface area contributed by atoms with E-state index in [0.29, 0.717) is 5.75 Å². The maximum atomic E-state index is 13.2. The molecule has 31 heavy (non-hydrogen) atoms. The van der Waals surface area contributed by atoms with E-state index in [2.05, 4.69) is 10.3 Å². The summed E-state index contributed by atoms with van der Waals surface area (Å²) in [5.41, 5.74) is 0.310. The molecule has 0 bridgehead atoms. The van der Waals surface area contributed by atoms with Gasteiger partial charge in [-0.2, -0.15) is 0 Å². The summed E-state index contributed by atoms with van der Waals surface area (Å²) in [6, 6.07) is 1.83. The third-order valence-electron chi connectivity index (χ3n) is 4.42. The second-order valence-electron chi connectivity index (χ2n) is 6.80. The van der Waals surface area contributed by atoms with E-state index in [9.17, 15) is 22.8 Å². The number of aromatic nitrogens is 1. The second kappa shape index (κ2) is 8.63. The number of ether oxygens (including phenoxy) is 2. The first kappa shape index (κ1) is 22.7. The zero-order chi connectivity index (χ0) is 22.9. The SMILES string of the molecule is CCOc1nc([C@H](CS(C)(=O)=O)N2C(=O)c3csc(NC(C)=O)c3C2=O)ccc1OC. The smallest absolute Gasteiger partial charge is 0.265 e. The molecular weight excluding hydrogens is 446 g/mol. The van der Waals surface area contributed by atoms with Crippen LogP contribution in [0.5, 0.6) is 11.6 Å². The van der Waals surface area contributed by atoms with Crippen LogP contribution in [-0.4, -0.2) is 61.7 Å². The van der Waals surface area contributed by atoms with Crippen molar-refractivity contribution in [2.45, 2.75) is 19.9 Å². The van der Waals surface area contributed by atoms with E-state index >= 15 is 0 Å². The minimum Gasteiger partial charge on any atom is -0.491 e. The first-order valence-electron chi connectivity index (χ1n) is 9.19. The summed E-state index contributed by atoms with van der Waals surface area (Å²) in [6.45, 7) is 3.31. The van der Waals surface area contributed by atoms with Gasteiger partial charge in [0.1, 0.15) is 14.8 Å². The highest BCUT2D eigenvalue weighted by molar-refractivity contribution is 7.90. The van der Waals surface area contributed by atoms with E-state index in [4.69, 9.17) is 9.47 Å². The van der Waals surface area contributed by atoms with Gasteiger partial charge in [0.2, 0.25) is 5.91 Å². The number of fused-ring (bicyclic) bond motifs is 1. The maximum absolute atomic E-state index is 13.2. The van der Waals surface area contributed by atoms with Crippen molar-refractivity contribution in [3.05, 3.63) is 34.3 Å². The molecule has 0 aromatic carbocycles. The molecule has 166 valence electrons. The van der Waals surface area contributed by atoms with Crippen molar-refractivity contribution in [1.29, 1.82) is 0 Å². The van der Waals surface area contributed by atoms with Crippen LogP contribution >= 0.6 is 11.3 Å². The summed E-state index contributed by atoms with van der Waals surface area (Å²) in [4.78, 5) is 42.9. The lowest BCUT2D eigenvalue weighted by Gasteiger charge is -2.26. The van der Waals surface area contributed by atoms with Gasteiger partial charge in [-0.3, -0.25) is 19.3 Å². The number of sulfone groups is 1. The molecule has 0 fully saturated rings. The standard InChI is InChI=1S/C19H21N3O7S2/c1-5-29-16-14(28-3)7-6-12(21-16)13(9-31(4,26)27)22-18(24)11-8-30-17(20-10(2)23)15(11)19(22)25/h6-8,13H,5,9H2,1-4H3,(H,20,23)/t13-/m0/s1. The highest BCUT2D eigenvalue weighted by Crippen LogP contribution is 2.40. The fourth-order valence-corrected chi connectivity index (χ4v) is 5.07. The molecule has 10 nitrogen and oxygen atoms in total. The molecule has 1 N–H and O–H groups in total. The lowest BCUT2D eigenvalue weighted by molar-refractivity contribution is -0.114. The Morgan fingerprint density at radius 3 is 2.58 bits per heavy atom. The predicted molar refractivity (Wildman–Crippen MR) is 114 cm³/mol. The zero-order valence-corrected chi connectivity index (χ0v) is 18.9. The van der Waals surface area contributed by atoms with Crippen molar-refractivity contribution in [3.8, 4) is 11.6 Å². The fraction of sp³-hybridized carbons (Fsp3) is 0.368. The molecule has 2 aromatic heterocycles. The molecule has 0 unspecified atom stereocenters. The van der Waals surface area contributed by atoms with Gasteiger partial charge >= 0.3 is 0 Å². The number of hydrogen-bond donors (Lipinski definition) is 1. The lowest BCUT2D eigenvalue weighted by Crippen LogP contribution is -2.38. The highest BCUT2D eigenvalue weighted by atomic mass is 32.2. The van der Waals surface area contributed by atoms with Crippen LogP contribution in [0.2, 0.25) is 0 Å². The van der Waals surface area contributed by atoms with E-state index in [-0.39, 0.29) is 34.3 Å². The first-order chi connectivity index (χ1) is 14.6.